The normalized spacial score (nSPS) is 16.2. The highest BCUT2D eigenvalue weighted by Gasteiger charge is 2.30. The smallest absolute Gasteiger partial charge is 0.262 e. The van der Waals surface area contributed by atoms with E-state index in [4.69, 9.17) is 5.73 Å². The minimum absolute atomic E-state index is 0.142. The number of hydrogen-bond donors (Lipinski definition) is 3. The molecule has 4 rings (SSSR count). The molecule has 158 valence electrons. The molecular formula is C22H21N5O4. The van der Waals surface area contributed by atoms with E-state index in [2.05, 4.69) is 15.6 Å². The number of aryl methyl sites for hydroxylation is 1. The van der Waals surface area contributed by atoms with Crippen LogP contribution in [-0.4, -0.2) is 27.3 Å². The van der Waals surface area contributed by atoms with E-state index in [-0.39, 0.29) is 36.5 Å². The molecule has 1 aliphatic heterocycles. The summed E-state index contributed by atoms with van der Waals surface area (Å²) in [5, 5.41) is 5.35. The van der Waals surface area contributed by atoms with Crippen LogP contribution in [-0.2, 0) is 20.8 Å². The van der Waals surface area contributed by atoms with Crippen molar-refractivity contribution in [2.24, 2.45) is 0 Å². The van der Waals surface area contributed by atoms with E-state index >= 15 is 0 Å². The van der Waals surface area contributed by atoms with Gasteiger partial charge in [-0.2, -0.15) is 0 Å². The lowest BCUT2D eigenvalue weighted by molar-refractivity contribution is -0.135. The Bertz CT molecular complexity index is 1260. The second-order valence-electron chi connectivity index (χ2n) is 7.47. The summed E-state index contributed by atoms with van der Waals surface area (Å²) in [6.45, 7) is 1.62. The van der Waals surface area contributed by atoms with Crippen molar-refractivity contribution in [2.45, 2.75) is 32.2 Å². The Labute approximate surface area is 177 Å². The number of fused-ring (bicyclic) bond motifs is 1. The number of nitrogen functional groups attached to an aromatic ring is 1. The summed E-state index contributed by atoms with van der Waals surface area (Å²) in [5.41, 5.74) is 7.45. The highest BCUT2D eigenvalue weighted by atomic mass is 16.2. The van der Waals surface area contributed by atoms with Gasteiger partial charge in [0, 0.05) is 12.1 Å². The maximum atomic E-state index is 13.2. The molecule has 4 N–H and O–H groups in total. The summed E-state index contributed by atoms with van der Waals surface area (Å²) in [6, 6.07) is 11.1. The van der Waals surface area contributed by atoms with Gasteiger partial charge in [0.05, 0.1) is 17.5 Å². The molecule has 2 heterocycles. The molecule has 1 unspecified atom stereocenters. The van der Waals surface area contributed by atoms with Crippen LogP contribution in [0.4, 0.5) is 11.4 Å². The second-order valence-corrected chi connectivity index (χ2v) is 7.47. The number of carbonyl (C=O) groups excluding carboxylic acids is 3. The van der Waals surface area contributed by atoms with Crippen LogP contribution in [0.5, 0.6) is 0 Å². The van der Waals surface area contributed by atoms with Crippen molar-refractivity contribution in [3.05, 3.63) is 64.2 Å². The number of benzene rings is 2. The van der Waals surface area contributed by atoms with Crippen LogP contribution in [0.25, 0.3) is 10.9 Å². The number of carbonyl (C=O) groups is 3. The van der Waals surface area contributed by atoms with E-state index in [9.17, 15) is 19.2 Å². The maximum Gasteiger partial charge on any atom is 0.262 e. The van der Waals surface area contributed by atoms with Crippen LogP contribution < -0.4 is 21.9 Å². The highest BCUT2D eigenvalue weighted by molar-refractivity contribution is 6.01. The molecule has 0 spiro atoms. The van der Waals surface area contributed by atoms with Crippen molar-refractivity contribution in [3.8, 4) is 0 Å². The van der Waals surface area contributed by atoms with Crippen molar-refractivity contribution in [2.75, 3.05) is 11.1 Å². The highest BCUT2D eigenvalue weighted by Crippen LogP contribution is 2.23. The molecule has 31 heavy (non-hydrogen) atoms. The summed E-state index contributed by atoms with van der Waals surface area (Å²) >= 11 is 0. The minimum Gasteiger partial charge on any atom is -0.399 e. The zero-order chi connectivity index (χ0) is 22.1. The SMILES string of the molecule is Cc1nc2c(NC(=O)Cc3ccc(N)cc3)cccc2c(=O)n1C1CCC(=O)NC1=O. The number of aromatic nitrogens is 2. The first-order valence-corrected chi connectivity index (χ1v) is 9.83. The summed E-state index contributed by atoms with van der Waals surface area (Å²) in [5.74, 6) is -0.805. The standard InChI is InChI=1S/C22H21N5O4/c1-12-24-20-15(22(31)27(12)17-9-10-18(28)26-21(17)30)3-2-4-16(20)25-19(29)11-13-5-7-14(23)8-6-13/h2-8,17H,9-11,23H2,1H3,(H,25,29)(H,26,28,30). The molecule has 2 aromatic carbocycles. The van der Waals surface area contributed by atoms with Crippen LogP contribution in [0, 0.1) is 6.92 Å². The Balaban J connectivity index is 1.66. The minimum atomic E-state index is -0.800. The van der Waals surface area contributed by atoms with Crippen molar-refractivity contribution < 1.29 is 14.4 Å². The third-order valence-corrected chi connectivity index (χ3v) is 5.25. The molecule has 3 aromatic rings. The monoisotopic (exact) mass is 419 g/mol. The fourth-order valence-electron chi connectivity index (χ4n) is 3.74. The first-order valence-electron chi connectivity index (χ1n) is 9.83. The molecule has 0 radical (unpaired) electrons. The van der Waals surface area contributed by atoms with Gasteiger partial charge in [-0.15, -0.1) is 0 Å². The van der Waals surface area contributed by atoms with Crippen LogP contribution in [0.15, 0.2) is 47.3 Å². The predicted octanol–water partition coefficient (Wildman–Crippen LogP) is 1.45. The fraction of sp³-hybridized carbons (Fsp3) is 0.227. The number of nitrogens with zero attached hydrogens (tertiary/aromatic N) is 2. The van der Waals surface area contributed by atoms with E-state index in [1.807, 2.05) is 0 Å². The van der Waals surface area contributed by atoms with E-state index in [1.165, 1.54) is 4.57 Å². The Morgan fingerprint density at radius 3 is 2.65 bits per heavy atom. The molecule has 1 saturated heterocycles. The summed E-state index contributed by atoms with van der Waals surface area (Å²) in [6.07, 6.45) is 0.529. The van der Waals surface area contributed by atoms with E-state index in [0.717, 1.165) is 5.56 Å². The van der Waals surface area contributed by atoms with Crippen molar-refractivity contribution in [1.29, 1.82) is 0 Å². The van der Waals surface area contributed by atoms with Crippen LogP contribution in [0.3, 0.4) is 0 Å². The summed E-state index contributed by atoms with van der Waals surface area (Å²) in [7, 11) is 0. The van der Waals surface area contributed by atoms with Gasteiger partial charge in [0.1, 0.15) is 17.4 Å². The van der Waals surface area contributed by atoms with Gasteiger partial charge in [0.2, 0.25) is 17.7 Å². The third kappa shape index (κ3) is 4.02. The largest absolute Gasteiger partial charge is 0.399 e. The number of nitrogens with one attached hydrogen (secondary N) is 2. The summed E-state index contributed by atoms with van der Waals surface area (Å²) < 4.78 is 1.31. The molecule has 9 nitrogen and oxygen atoms in total. The van der Waals surface area contributed by atoms with Gasteiger partial charge in [0.15, 0.2) is 0 Å². The number of amides is 3. The number of piperidine rings is 1. The number of anilines is 2. The second kappa shape index (κ2) is 8.02. The third-order valence-electron chi connectivity index (χ3n) is 5.25. The van der Waals surface area contributed by atoms with Crippen LogP contribution in [0.1, 0.15) is 30.3 Å². The predicted molar refractivity (Wildman–Crippen MR) is 115 cm³/mol. The van der Waals surface area contributed by atoms with Gasteiger partial charge in [-0.1, -0.05) is 18.2 Å². The zero-order valence-electron chi connectivity index (χ0n) is 16.8. The average Bonchev–Trinajstić information content (AvgIpc) is 2.72. The van der Waals surface area contributed by atoms with Gasteiger partial charge >= 0.3 is 0 Å². The molecule has 1 fully saturated rings. The van der Waals surface area contributed by atoms with Gasteiger partial charge in [-0.05, 0) is 43.2 Å². The first kappa shape index (κ1) is 20.3. The van der Waals surface area contributed by atoms with Crippen molar-refractivity contribution in [3.63, 3.8) is 0 Å². The van der Waals surface area contributed by atoms with Gasteiger partial charge in [-0.3, -0.25) is 29.1 Å². The number of imide groups is 1. The molecule has 0 saturated carbocycles. The lowest BCUT2D eigenvalue weighted by atomic mass is 10.1. The molecule has 3 amide bonds. The Morgan fingerprint density at radius 1 is 1.19 bits per heavy atom. The Kier molecular flexibility index (Phi) is 5.24. The van der Waals surface area contributed by atoms with Crippen molar-refractivity contribution in [1.82, 2.24) is 14.9 Å². The molecule has 9 heteroatoms. The maximum absolute atomic E-state index is 13.2. The van der Waals surface area contributed by atoms with Gasteiger partial charge < -0.3 is 11.1 Å². The van der Waals surface area contributed by atoms with E-state index in [1.54, 1.807) is 49.4 Å². The quantitative estimate of drug-likeness (QED) is 0.432. The average molecular weight is 419 g/mol. The molecule has 0 bridgehead atoms. The topological polar surface area (TPSA) is 136 Å². The van der Waals surface area contributed by atoms with Crippen LogP contribution in [0.2, 0.25) is 0 Å². The number of para-hydroxylation sites is 1. The molecule has 1 atom stereocenters. The number of hydrogen-bond acceptors (Lipinski definition) is 6. The zero-order valence-corrected chi connectivity index (χ0v) is 16.8. The fourth-order valence-corrected chi connectivity index (χ4v) is 3.74. The van der Waals surface area contributed by atoms with E-state index < -0.39 is 17.5 Å². The lowest BCUT2D eigenvalue weighted by Crippen LogP contribution is -2.45. The first-order chi connectivity index (χ1) is 14.8. The van der Waals surface area contributed by atoms with Crippen molar-refractivity contribution >= 4 is 40.0 Å². The molecule has 1 aromatic heterocycles. The number of nitrogens with two attached hydrogens (primary N) is 1. The van der Waals surface area contributed by atoms with Crippen LogP contribution >= 0.6 is 0 Å². The number of rotatable bonds is 4. The van der Waals surface area contributed by atoms with Gasteiger partial charge in [-0.25, -0.2) is 4.98 Å². The Morgan fingerprint density at radius 2 is 1.94 bits per heavy atom. The van der Waals surface area contributed by atoms with Gasteiger partial charge in [0.25, 0.3) is 5.56 Å². The molecule has 0 aliphatic carbocycles. The molecule has 1 aliphatic rings. The Hall–Kier alpha value is -4.01. The lowest BCUT2D eigenvalue weighted by Gasteiger charge is -2.24. The molecular weight excluding hydrogens is 398 g/mol. The van der Waals surface area contributed by atoms with E-state index in [0.29, 0.717) is 22.7 Å². The summed E-state index contributed by atoms with van der Waals surface area (Å²) in [4.78, 5) is 53.9.